The smallest absolute Gasteiger partial charge is 0.328 e. The first-order valence-corrected chi connectivity index (χ1v) is 8.78. The Morgan fingerprint density at radius 3 is 2.43 bits per heavy atom. The van der Waals surface area contributed by atoms with Gasteiger partial charge in [0.05, 0.1) is 12.0 Å². The van der Waals surface area contributed by atoms with Crippen LogP contribution in [0.5, 0.6) is 0 Å². The molecule has 1 atom stereocenters. The van der Waals surface area contributed by atoms with Crippen molar-refractivity contribution in [2.24, 2.45) is 5.92 Å². The molecule has 128 valence electrons. The molecule has 0 aromatic heterocycles. The van der Waals surface area contributed by atoms with Crippen molar-refractivity contribution < 1.29 is 22.9 Å². The highest BCUT2D eigenvalue weighted by molar-refractivity contribution is 7.90. The number of hydrogen-bond acceptors (Lipinski definition) is 7. The van der Waals surface area contributed by atoms with Gasteiger partial charge in [-0.2, -0.15) is 0 Å². The SMILES string of the molecule is COC(=O)C(CC(C)C)Nc1ccc(S(C)(=O)=O)c([N+](=O)[O-])c1. The number of ether oxygens (including phenoxy) is 1. The molecule has 1 N–H and O–H groups in total. The maximum atomic E-state index is 11.8. The van der Waals surface area contributed by atoms with Gasteiger partial charge in [-0.15, -0.1) is 0 Å². The summed E-state index contributed by atoms with van der Waals surface area (Å²) in [5, 5.41) is 14.0. The first-order valence-electron chi connectivity index (χ1n) is 6.89. The Bertz CT molecular complexity index is 699. The molecule has 0 aliphatic heterocycles. The van der Waals surface area contributed by atoms with E-state index in [0.29, 0.717) is 6.42 Å². The average molecular weight is 344 g/mol. The third-order valence-corrected chi connectivity index (χ3v) is 4.23. The Morgan fingerprint density at radius 1 is 1.39 bits per heavy atom. The highest BCUT2D eigenvalue weighted by Crippen LogP contribution is 2.28. The van der Waals surface area contributed by atoms with E-state index in [1.807, 2.05) is 13.8 Å². The van der Waals surface area contributed by atoms with Gasteiger partial charge >= 0.3 is 5.97 Å². The fourth-order valence-corrected chi connectivity index (χ4v) is 2.92. The quantitative estimate of drug-likeness (QED) is 0.457. The van der Waals surface area contributed by atoms with Crippen molar-refractivity contribution in [2.75, 3.05) is 18.7 Å². The monoisotopic (exact) mass is 344 g/mol. The number of nitro benzene ring substituents is 1. The predicted octanol–water partition coefficient (Wildman–Crippen LogP) is 2.00. The summed E-state index contributed by atoms with van der Waals surface area (Å²) in [6.07, 6.45) is 1.37. The molecular formula is C14H20N2O6S. The topological polar surface area (TPSA) is 116 Å². The van der Waals surface area contributed by atoms with Crippen LogP contribution in [-0.2, 0) is 19.4 Å². The molecule has 1 unspecified atom stereocenters. The Morgan fingerprint density at radius 2 is 2.00 bits per heavy atom. The Hall–Kier alpha value is -2.16. The van der Waals surface area contributed by atoms with Crippen LogP contribution >= 0.6 is 0 Å². The fourth-order valence-electron chi connectivity index (χ4n) is 2.09. The van der Waals surface area contributed by atoms with Gasteiger partial charge in [0.25, 0.3) is 5.69 Å². The van der Waals surface area contributed by atoms with Crippen molar-refractivity contribution in [2.45, 2.75) is 31.2 Å². The molecule has 0 fully saturated rings. The Kier molecular flexibility index (Phi) is 6.08. The van der Waals surface area contributed by atoms with Crippen molar-refractivity contribution in [3.63, 3.8) is 0 Å². The summed E-state index contributed by atoms with van der Waals surface area (Å²) >= 11 is 0. The number of nitro groups is 1. The second-order valence-electron chi connectivity index (χ2n) is 5.56. The van der Waals surface area contributed by atoms with Crippen molar-refractivity contribution in [1.82, 2.24) is 0 Å². The van der Waals surface area contributed by atoms with Crippen LogP contribution in [0.1, 0.15) is 20.3 Å². The molecule has 9 heteroatoms. The Labute approximate surface area is 134 Å². The molecule has 0 aliphatic carbocycles. The van der Waals surface area contributed by atoms with Crippen LogP contribution in [0, 0.1) is 16.0 Å². The molecule has 0 aliphatic rings. The highest BCUT2D eigenvalue weighted by atomic mass is 32.2. The van der Waals surface area contributed by atoms with E-state index in [1.165, 1.54) is 13.2 Å². The molecule has 0 spiro atoms. The van der Waals surface area contributed by atoms with Crippen molar-refractivity contribution >= 4 is 27.2 Å². The van der Waals surface area contributed by atoms with Gasteiger partial charge in [0, 0.05) is 18.0 Å². The van der Waals surface area contributed by atoms with E-state index in [4.69, 9.17) is 4.74 Å². The predicted molar refractivity (Wildman–Crippen MR) is 85.1 cm³/mol. The standard InChI is InChI=1S/C14H20N2O6S/c1-9(2)7-11(14(17)22-3)15-10-5-6-13(23(4,20)21)12(8-10)16(18)19/h5-6,8-9,11,15H,7H2,1-4H3. The van der Waals surface area contributed by atoms with E-state index in [0.717, 1.165) is 18.4 Å². The van der Waals surface area contributed by atoms with Gasteiger partial charge in [-0.1, -0.05) is 13.8 Å². The normalized spacial score (nSPS) is 12.7. The van der Waals surface area contributed by atoms with Crippen molar-refractivity contribution in [3.8, 4) is 0 Å². The van der Waals surface area contributed by atoms with E-state index >= 15 is 0 Å². The first-order chi connectivity index (χ1) is 10.6. The summed E-state index contributed by atoms with van der Waals surface area (Å²) in [6, 6.07) is 2.97. The Balaban J connectivity index is 3.20. The van der Waals surface area contributed by atoms with Crippen LogP contribution in [0.2, 0.25) is 0 Å². The van der Waals surface area contributed by atoms with Crippen LogP contribution in [0.3, 0.4) is 0 Å². The van der Waals surface area contributed by atoms with Gasteiger partial charge in [0.2, 0.25) is 0 Å². The lowest BCUT2D eigenvalue weighted by atomic mass is 10.0. The first kappa shape index (κ1) is 18.9. The molecule has 0 saturated carbocycles. The molecule has 0 bridgehead atoms. The third kappa shape index (κ3) is 5.20. The number of esters is 1. The summed E-state index contributed by atoms with van der Waals surface area (Å²) in [5.41, 5.74) is -0.259. The van der Waals surface area contributed by atoms with Gasteiger partial charge in [0.15, 0.2) is 9.84 Å². The summed E-state index contributed by atoms with van der Waals surface area (Å²) in [4.78, 5) is 21.7. The maximum Gasteiger partial charge on any atom is 0.328 e. The van der Waals surface area contributed by atoms with Crippen LogP contribution in [0.15, 0.2) is 23.1 Å². The minimum absolute atomic E-state index is 0.192. The number of rotatable bonds is 7. The van der Waals surface area contributed by atoms with Crippen molar-refractivity contribution in [1.29, 1.82) is 0 Å². The number of benzene rings is 1. The van der Waals surface area contributed by atoms with Gasteiger partial charge < -0.3 is 10.1 Å². The number of hydrogen-bond donors (Lipinski definition) is 1. The van der Waals surface area contributed by atoms with Gasteiger partial charge in [-0.05, 0) is 24.5 Å². The van der Waals surface area contributed by atoms with E-state index in [-0.39, 0.29) is 16.5 Å². The average Bonchev–Trinajstić information content (AvgIpc) is 2.43. The minimum Gasteiger partial charge on any atom is -0.467 e. The summed E-state index contributed by atoms with van der Waals surface area (Å²) < 4.78 is 27.9. The van der Waals surface area contributed by atoms with Gasteiger partial charge in [0.1, 0.15) is 10.9 Å². The number of carbonyl (C=O) groups excluding carboxylic acids is 1. The molecule has 0 heterocycles. The number of anilines is 1. The molecule has 0 radical (unpaired) electrons. The molecule has 1 aromatic carbocycles. The van der Waals surface area contributed by atoms with Crippen LogP contribution in [0.4, 0.5) is 11.4 Å². The lowest BCUT2D eigenvalue weighted by Gasteiger charge is -2.19. The molecule has 0 amide bonds. The summed E-state index contributed by atoms with van der Waals surface area (Å²) in [6.45, 7) is 3.85. The number of carbonyl (C=O) groups is 1. The fraction of sp³-hybridized carbons (Fsp3) is 0.500. The summed E-state index contributed by atoms with van der Waals surface area (Å²) in [7, 11) is -2.47. The van der Waals surface area contributed by atoms with E-state index < -0.39 is 32.5 Å². The molecule has 1 aromatic rings. The zero-order valence-electron chi connectivity index (χ0n) is 13.4. The van der Waals surface area contributed by atoms with Crippen LogP contribution < -0.4 is 5.32 Å². The molecule has 0 saturated heterocycles. The van der Waals surface area contributed by atoms with Crippen molar-refractivity contribution in [3.05, 3.63) is 28.3 Å². The highest BCUT2D eigenvalue weighted by Gasteiger charge is 2.25. The lowest BCUT2D eigenvalue weighted by Crippen LogP contribution is -2.32. The van der Waals surface area contributed by atoms with E-state index in [2.05, 4.69) is 5.32 Å². The molecule has 1 rings (SSSR count). The second kappa shape index (κ2) is 7.40. The largest absolute Gasteiger partial charge is 0.467 e. The zero-order chi connectivity index (χ0) is 17.8. The number of nitrogens with one attached hydrogen (secondary N) is 1. The molecule has 23 heavy (non-hydrogen) atoms. The van der Waals surface area contributed by atoms with Gasteiger partial charge in [-0.3, -0.25) is 10.1 Å². The maximum absolute atomic E-state index is 11.8. The van der Waals surface area contributed by atoms with E-state index in [1.54, 1.807) is 0 Å². The van der Waals surface area contributed by atoms with Gasteiger partial charge in [-0.25, -0.2) is 13.2 Å². The number of sulfone groups is 1. The minimum atomic E-state index is -3.72. The van der Waals surface area contributed by atoms with Crippen LogP contribution in [0.25, 0.3) is 0 Å². The summed E-state index contributed by atoms with van der Waals surface area (Å²) in [5.74, 6) is -0.301. The van der Waals surface area contributed by atoms with E-state index in [9.17, 15) is 23.3 Å². The molecule has 8 nitrogen and oxygen atoms in total. The second-order valence-corrected chi connectivity index (χ2v) is 7.55. The number of nitrogens with zero attached hydrogens (tertiary/aromatic N) is 1. The molecular weight excluding hydrogens is 324 g/mol. The lowest BCUT2D eigenvalue weighted by molar-refractivity contribution is -0.387. The zero-order valence-corrected chi connectivity index (χ0v) is 14.2. The third-order valence-electron chi connectivity index (χ3n) is 3.09. The number of methoxy groups -OCH3 is 1. The van der Waals surface area contributed by atoms with Crippen LogP contribution in [-0.4, -0.2) is 38.7 Å².